The molecule has 1 aromatic carbocycles. The number of carbonyl (C=O) groups excluding carboxylic acids is 1. The van der Waals surface area contributed by atoms with Gasteiger partial charge in [-0.05, 0) is 18.2 Å². The average molecular weight is 351 g/mol. The van der Waals surface area contributed by atoms with E-state index < -0.39 is 0 Å². The molecule has 0 atom stereocenters. The van der Waals surface area contributed by atoms with Crippen molar-refractivity contribution in [2.45, 2.75) is 6.92 Å². The minimum Gasteiger partial charge on any atom is -0.437 e. The van der Waals surface area contributed by atoms with E-state index in [0.29, 0.717) is 30.5 Å². The van der Waals surface area contributed by atoms with Gasteiger partial charge in [-0.15, -0.1) is 0 Å². The van der Waals surface area contributed by atoms with Crippen molar-refractivity contribution in [3.05, 3.63) is 48.9 Å². The van der Waals surface area contributed by atoms with Crippen molar-refractivity contribution in [1.29, 1.82) is 0 Å². The first-order valence-electron chi connectivity index (χ1n) is 8.30. The zero-order valence-electron chi connectivity index (χ0n) is 15.1. The van der Waals surface area contributed by atoms with Crippen molar-refractivity contribution in [2.75, 3.05) is 32.1 Å². The lowest BCUT2D eigenvalue weighted by Crippen LogP contribution is -2.33. The summed E-state index contributed by atoms with van der Waals surface area (Å²) in [6.45, 7) is 2.80. The molecule has 2 heterocycles. The molecule has 0 saturated heterocycles. The second-order valence-electron chi connectivity index (χ2n) is 6.04. The van der Waals surface area contributed by atoms with Crippen LogP contribution in [0.25, 0.3) is 10.9 Å². The monoisotopic (exact) mass is 351 g/mol. The van der Waals surface area contributed by atoms with Crippen molar-refractivity contribution in [2.24, 2.45) is 0 Å². The van der Waals surface area contributed by atoms with Gasteiger partial charge in [-0.25, -0.2) is 0 Å². The number of hydrogen-bond donors (Lipinski definition) is 0. The Balaban J connectivity index is 1.70. The molecule has 0 bridgehead atoms. The number of ether oxygens (including phenoxy) is 1. The molecule has 0 aliphatic carbocycles. The summed E-state index contributed by atoms with van der Waals surface area (Å²) in [4.78, 5) is 27.9. The number of nitrogens with zero attached hydrogens (tertiary/aromatic N) is 5. The Morgan fingerprint density at radius 1 is 1.15 bits per heavy atom. The Labute approximate surface area is 152 Å². The Morgan fingerprint density at radius 2 is 2.00 bits per heavy atom. The molecule has 0 fully saturated rings. The molecule has 0 aliphatic heterocycles. The number of likely N-dealkylation sites (N-methyl/N-ethyl adjacent to an activating group) is 2. The summed E-state index contributed by atoms with van der Waals surface area (Å²) in [7, 11) is 3.68. The number of hydrogen-bond acceptors (Lipinski definition) is 6. The zero-order valence-corrected chi connectivity index (χ0v) is 15.1. The largest absolute Gasteiger partial charge is 0.437 e. The van der Waals surface area contributed by atoms with E-state index in [-0.39, 0.29) is 5.91 Å². The second-order valence-corrected chi connectivity index (χ2v) is 6.04. The van der Waals surface area contributed by atoms with Crippen LogP contribution in [-0.4, -0.2) is 52.9 Å². The fraction of sp³-hybridized carbons (Fsp3) is 0.263. The summed E-state index contributed by atoms with van der Waals surface area (Å²) in [6.07, 6.45) is 4.99. The van der Waals surface area contributed by atoms with Gasteiger partial charge < -0.3 is 14.5 Å². The number of carbonyl (C=O) groups is 1. The van der Waals surface area contributed by atoms with E-state index in [9.17, 15) is 4.79 Å². The number of amides is 1. The first kappa shape index (κ1) is 17.6. The summed E-state index contributed by atoms with van der Waals surface area (Å²) >= 11 is 0. The fourth-order valence-electron chi connectivity index (χ4n) is 2.37. The number of rotatable bonds is 6. The Hall–Kier alpha value is -3.22. The third-order valence-corrected chi connectivity index (χ3v) is 4.10. The van der Waals surface area contributed by atoms with E-state index in [1.807, 2.05) is 42.3 Å². The molecular weight excluding hydrogens is 330 g/mol. The number of pyridine rings is 1. The molecule has 0 unspecified atom stereocenters. The SMILES string of the molecule is CC(=O)N(C)CCN(C)c1cncc(Oc2ccc3cccnc3c2)n1. The molecule has 0 N–H and O–H groups in total. The molecule has 0 aliphatic rings. The maximum Gasteiger partial charge on any atom is 0.239 e. The molecule has 7 heteroatoms. The average Bonchev–Trinajstić information content (AvgIpc) is 2.65. The van der Waals surface area contributed by atoms with Crippen LogP contribution in [0.15, 0.2) is 48.9 Å². The van der Waals surface area contributed by atoms with Gasteiger partial charge in [0.2, 0.25) is 11.8 Å². The van der Waals surface area contributed by atoms with E-state index in [0.717, 1.165) is 10.9 Å². The van der Waals surface area contributed by atoms with Gasteiger partial charge in [0.05, 0.1) is 17.9 Å². The number of anilines is 1. The molecule has 3 aromatic rings. The van der Waals surface area contributed by atoms with Crippen molar-refractivity contribution < 1.29 is 9.53 Å². The van der Waals surface area contributed by atoms with Crippen LogP contribution in [0.5, 0.6) is 11.6 Å². The quantitative estimate of drug-likeness (QED) is 0.680. The fourth-order valence-corrected chi connectivity index (χ4v) is 2.37. The Bertz CT molecular complexity index is 915. The predicted molar refractivity (Wildman–Crippen MR) is 100 cm³/mol. The van der Waals surface area contributed by atoms with Crippen LogP contribution < -0.4 is 9.64 Å². The van der Waals surface area contributed by atoms with Gasteiger partial charge in [-0.3, -0.25) is 14.8 Å². The third-order valence-electron chi connectivity index (χ3n) is 4.10. The maximum atomic E-state index is 11.3. The lowest BCUT2D eigenvalue weighted by atomic mass is 10.2. The van der Waals surface area contributed by atoms with E-state index in [1.54, 1.807) is 37.5 Å². The van der Waals surface area contributed by atoms with Gasteiger partial charge >= 0.3 is 0 Å². The van der Waals surface area contributed by atoms with Crippen LogP contribution >= 0.6 is 0 Å². The highest BCUT2D eigenvalue weighted by Crippen LogP contribution is 2.24. The standard InChI is InChI=1S/C19H21N5O2/c1-14(25)23(2)9-10-24(3)18-12-20-13-19(22-18)26-16-7-6-15-5-4-8-21-17(15)11-16/h4-8,11-13H,9-10H2,1-3H3. The van der Waals surface area contributed by atoms with Crippen LogP contribution in [0, 0.1) is 0 Å². The zero-order chi connectivity index (χ0) is 18.5. The first-order valence-corrected chi connectivity index (χ1v) is 8.30. The van der Waals surface area contributed by atoms with Crippen molar-refractivity contribution >= 4 is 22.6 Å². The van der Waals surface area contributed by atoms with Crippen LogP contribution in [0.2, 0.25) is 0 Å². The molecule has 3 rings (SSSR count). The molecule has 7 nitrogen and oxygen atoms in total. The van der Waals surface area contributed by atoms with Gasteiger partial charge in [0, 0.05) is 51.8 Å². The summed E-state index contributed by atoms with van der Waals surface area (Å²) < 4.78 is 5.84. The van der Waals surface area contributed by atoms with Crippen molar-refractivity contribution in [3.8, 4) is 11.6 Å². The minimum absolute atomic E-state index is 0.0338. The van der Waals surface area contributed by atoms with Gasteiger partial charge in [0.1, 0.15) is 5.75 Å². The molecule has 2 aromatic heterocycles. The predicted octanol–water partition coefficient (Wildman–Crippen LogP) is 2.73. The van der Waals surface area contributed by atoms with Crippen LogP contribution in [0.4, 0.5) is 5.82 Å². The molecule has 0 radical (unpaired) electrons. The minimum atomic E-state index is 0.0338. The van der Waals surface area contributed by atoms with Gasteiger partial charge in [0.15, 0.2) is 5.82 Å². The summed E-state index contributed by atoms with van der Waals surface area (Å²) in [6, 6.07) is 9.61. The van der Waals surface area contributed by atoms with Crippen molar-refractivity contribution in [1.82, 2.24) is 19.9 Å². The molecule has 0 saturated carbocycles. The van der Waals surface area contributed by atoms with E-state index in [4.69, 9.17) is 4.74 Å². The van der Waals surface area contributed by atoms with Crippen molar-refractivity contribution in [3.63, 3.8) is 0 Å². The van der Waals surface area contributed by atoms with Gasteiger partial charge in [-0.1, -0.05) is 6.07 Å². The van der Waals surface area contributed by atoms with Crippen LogP contribution in [0.3, 0.4) is 0 Å². The van der Waals surface area contributed by atoms with E-state index >= 15 is 0 Å². The Morgan fingerprint density at radius 3 is 2.81 bits per heavy atom. The molecule has 134 valence electrons. The highest BCUT2D eigenvalue weighted by atomic mass is 16.5. The highest BCUT2D eigenvalue weighted by Gasteiger charge is 2.09. The number of fused-ring (bicyclic) bond motifs is 1. The molecule has 1 amide bonds. The Kier molecular flexibility index (Phi) is 5.26. The first-order chi connectivity index (χ1) is 12.5. The summed E-state index contributed by atoms with van der Waals surface area (Å²) in [5.41, 5.74) is 0.860. The molecule has 0 spiro atoms. The van der Waals surface area contributed by atoms with E-state index in [2.05, 4.69) is 15.0 Å². The third kappa shape index (κ3) is 4.24. The van der Waals surface area contributed by atoms with E-state index in [1.165, 1.54) is 0 Å². The van der Waals surface area contributed by atoms with Crippen LogP contribution in [0.1, 0.15) is 6.92 Å². The summed E-state index contributed by atoms with van der Waals surface area (Å²) in [5.74, 6) is 1.77. The highest BCUT2D eigenvalue weighted by molar-refractivity contribution is 5.79. The molecular formula is C19H21N5O2. The van der Waals surface area contributed by atoms with Gasteiger partial charge in [-0.2, -0.15) is 4.98 Å². The van der Waals surface area contributed by atoms with Crippen LogP contribution in [-0.2, 0) is 4.79 Å². The smallest absolute Gasteiger partial charge is 0.239 e. The maximum absolute atomic E-state index is 11.3. The topological polar surface area (TPSA) is 71.5 Å². The van der Waals surface area contributed by atoms with Gasteiger partial charge in [0.25, 0.3) is 0 Å². The number of benzene rings is 1. The lowest BCUT2D eigenvalue weighted by molar-refractivity contribution is -0.127. The normalized spacial score (nSPS) is 10.6. The molecule has 26 heavy (non-hydrogen) atoms. The summed E-state index contributed by atoms with van der Waals surface area (Å²) in [5, 5.41) is 1.05. The lowest BCUT2D eigenvalue weighted by Gasteiger charge is -2.22. The number of aromatic nitrogens is 3. The second kappa shape index (κ2) is 7.77.